The van der Waals surface area contributed by atoms with E-state index >= 15 is 0 Å². The molecule has 1 aromatic rings. The number of piperidine rings is 1. The number of hydrogen-bond donors (Lipinski definition) is 1. The predicted molar refractivity (Wildman–Crippen MR) is 87.6 cm³/mol. The summed E-state index contributed by atoms with van der Waals surface area (Å²) in [6.45, 7) is 5.46. The molecule has 1 saturated heterocycles. The first kappa shape index (κ1) is 17.3. The van der Waals surface area contributed by atoms with E-state index in [0.29, 0.717) is 18.7 Å². The normalized spacial score (nSPS) is 17.8. The first-order valence-corrected chi connectivity index (χ1v) is 8.15. The molecule has 0 radical (unpaired) electrons. The van der Waals surface area contributed by atoms with Gasteiger partial charge in [-0.15, -0.1) is 0 Å². The summed E-state index contributed by atoms with van der Waals surface area (Å²) in [7, 11) is 0. The lowest BCUT2D eigenvalue weighted by Crippen LogP contribution is -2.42. The second-order valence-electron chi connectivity index (χ2n) is 6.32. The summed E-state index contributed by atoms with van der Waals surface area (Å²) in [5.41, 5.74) is 2.34. The Hall–Kier alpha value is -2.04. The number of aryl methyl sites for hydroxylation is 2. The molecule has 1 amide bonds. The monoisotopic (exact) mass is 319 g/mol. The molecule has 1 fully saturated rings. The molecule has 0 saturated carbocycles. The lowest BCUT2D eigenvalue weighted by Gasteiger charge is -2.32. The fraction of sp³-hybridized carbons (Fsp3) is 0.556. The van der Waals surface area contributed by atoms with Gasteiger partial charge in [0.2, 0.25) is 0 Å². The summed E-state index contributed by atoms with van der Waals surface area (Å²) < 4.78 is 5.60. The van der Waals surface area contributed by atoms with Crippen LogP contribution in [0.15, 0.2) is 18.2 Å². The average Bonchev–Trinajstić information content (AvgIpc) is 2.54. The third kappa shape index (κ3) is 5.27. The highest BCUT2D eigenvalue weighted by molar-refractivity contribution is 5.77. The van der Waals surface area contributed by atoms with Gasteiger partial charge in [-0.1, -0.05) is 6.07 Å². The molecule has 1 aliphatic rings. The molecule has 0 bridgehead atoms. The third-order valence-electron chi connectivity index (χ3n) is 4.48. The number of aliphatic carboxylic acids is 1. The Morgan fingerprint density at radius 1 is 1.30 bits per heavy atom. The van der Waals surface area contributed by atoms with Crippen molar-refractivity contribution < 1.29 is 19.4 Å². The molecule has 1 atom stereocenters. The van der Waals surface area contributed by atoms with Crippen LogP contribution in [-0.2, 0) is 9.59 Å². The van der Waals surface area contributed by atoms with Crippen LogP contribution >= 0.6 is 0 Å². The minimum Gasteiger partial charge on any atom is -0.484 e. The smallest absolute Gasteiger partial charge is 0.303 e. The Morgan fingerprint density at radius 2 is 2.09 bits per heavy atom. The van der Waals surface area contributed by atoms with Crippen molar-refractivity contribution in [1.29, 1.82) is 0 Å². The van der Waals surface area contributed by atoms with Crippen LogP contribution in [0.3, 0.4) is 0 Å². The molecule has 1 aliphatic heterocycles. The van der Waals surface area contributed by atoms with Crippen molar-refractivity contribution in [2.75, 3.05) is 19.7 Å². The van der Waals surface area contributed by atoms with Gasteiger partial charge >= 0.3 is 5.97 Å². The highest BCUT2D eigenvalue weighted by atomic mass is 16.5. The highest BCUT2D eigenvalue weighted by Crippen LogP contribution is 2.21. The maximum absolute atomic E-state index is 12.3. The number of nitrogens with zero attached hydrogens (tertiary/aromatic N) is 1. The Labute approximate surface area is 137 Å². The molecule has 1 aromatic carbocycles. The number of amides is 1. The minimum atomic E-state index is -0.772. The quantitative estimate of drug-likeness (QED) is 0.875. The van der Waals surface area contributed by atoms with Crippen LogP contribution in [0.5, 0.6) is 5.75 Å². The fourth-order valence-corrected chi connectivity index (χ4v) is 2.89. The molecule has 2 rings (SSSR count). The number of carboxylic acid groups (broad SMARTS) is 1. The fourth-order valence-electron chi connectivity index (χ4n) is 2.89. The maximum Gasteiger partial charge on any atom is 0.303 e. The van der Waals surface area contributed by atoms with Gasteiger partial charge in [0.05, 0.1) is 0 Å². The summed E-state index contributed by atoms with van der Waals surface area (Å²) >= 11 is 0. The molecule has 23 heavy (non-hydrogen) atoms. The van der Waals surface area contributed by atoms with E-state index in [-0.39, 0.29) is 24.9 Å². The predicted octanol–water partition coefficient (Wildman–Crippen LogP) is 2.79. The first-order chi connectivity index (χ1) is 11.0. The van der Waals surface area contributed by atoms with Crippen molar-refractivity contribution in [3.63, 3.8) is 0 Å². The Morgan fingerprint density at radius 3 is 2.78 bits per heavy atom. The van der Waals surface area contributed by atoms with Crippen molar-refractivity contribution in [2.45, 2.75) is 39.5 Å². The van der Waals surface area contributed by atoms with Gasteiger partial charge in [-0.2, -0.15) is 0 Å². The molecular formula is C18H25NO4. The molecule has 5 heteroatoms. The van der Waals surface area contributed by atoms with E-state index in [9.17, 15) is 9.59 Å². The minimum absolute atomic E-state index is 0.0248. The van der Waals surface area contributed by atoms with E-state index in [4.69, 9.17) is 9.84 Å². The summed E-state index contributed by atoms with van der Waals surface area (Å²) in [5, 5.41) is 8.77. The third-order valence-corrected chi connectivity index (χ3v) is 4.48. The zero-order chi connectivity index (χ0) is 16.8. The molecule has 1 N–H and O–H groups in total. The molecule has 5 nitrogen and oxygen atoms in total. The number of likely N-dealkylation sites (tertiary alicyclic amines) is 1. The SMILES string of the molecule is Cc1ccc(OCC(=O)N2CCCC(CCC(=O)O)C2)cc1C. The molecular weight excluding hydrogens is 294 g/mol. The second kappa shape index (κ2) is 7.99. The summed E-state index contributed by atoms with van der Waals surface area (Å²) in [6, 6.07) is 5.80. The van der Waals surface area contributed by atoms with Crippen molar-refractivity contribution in [3.8, 4) is 5.75 Å². The van der Waals surface area contributed by atoms with E-state index in [0.717, 1.165) is 24.9 Å². The van der Waals surface area contributed by atoms with Gasteiger partial charge < -0.3 is 14.7 Å². The lowest BCUT2D eigenvalue weighted by atomic mass is 9.93. The van der Waals surface area contributed by atoms with Crippen LogP contribution in [-0.4, -0.2) is 41.6 Å². The lowest BCUT2D eigenvalue weighted by molar-refractivity contribution is -0.137. The van der Waals surface area contributed by atoms with Gasteiger partial charge in [0, 0.05) is 19.5 Å². The van der Waals surface area contributed by atoms with E-state index in [1.54, 1.807) is 4.90 Å². The molecule has 1 unspecified atom stereocenters. The molecule has 0 aliphatic carbocycles. The summed E-state index contributed by atoms with van der Waals surface area (Å²) in [5.74, 6) is 0.195. The average molecular weight is 319 g/mol. The van der Waals surface area contributed by atoms with E-state index < -0.39 is 5.97 Å². The van der Waals surface area contributed by atoms with Crippen molar-refractivity contribution >= 4 is 11.9 Å². The van der Waals surface area contributed by atoms with Gasteiger partial charge in [0.15, 0.2) is 6.61 Å². The summed E-state index contributed by atoms with van der Waals surface area (Å²) in [4.78, 5) is 24.8. The van der Waals surface area contributed by atoms with Crippen LogP contribution in [0.2, 0.25) is 0 Å². The Balaban J connectivity index is 1.82. The molecule has 0 spiro atoms. The van der Waals surface area contributed by atoms with Crippen molar-refractivity contribution in [2.24, 2.45) is 5.92 Å². The number of ether oxygens (including phenoxy) is 1. The Bertz CT molecular complexity index is 570. The van der Waals surface area contributed by atoms with Crippen LogP contribution in [0, 0.1) is 19.8 Å². The Kier molecular flexibility index (Phi) is 6.02. The van der Waals surface area contributed by atoms with Crippen LogP contribution in [0.1, 0.15) is 36.8 Å². The van der Waals surface area contributed by atoms with Crippen LogP contribution < -0.4 is 4.74 Å². The highest BCUT2D eigenvalue weighted by Gasteiger charge is 2.24. The van der Waals surface area contributed by atoms with Crippen LogP contribution in [0.25, 0.3) is 0 Å². The maximum atomic E-state index is 12.3. The van der Waals surface area contributed by atoms with Gasteiger partial charge in [-0.05, 0) is 62.3 Å². The topological polar surface area (TPSA) is 66.8 Å². The van der Waals surface area contributed by atoms with Crippen molar-refractivity contribution in [1.82, 2.24) is 4.90 Å². The van der Waals surface area contributed by atoms with Crippen LogP contribution in [0.4, 0.5) is 0 Å². The van der Waals surface area contributed by atoms with E-state index in [1.165, 1.54) is 5.56 Å². The molecule has 126 valence electrons. The first-order valence-electron chi connectivity index (χ1n) is 8.15. The van der Waals surface area contributed by atoms with Gasteiger partial charge in [-0.3, -0.25) is 9.59 Å². The number of hydrogen-bond acceptors (Lipinski definition) is 3. The number of carbonyl (C=O) groups is 2. The van der Waals surface area contributed by atoms with Gasteiger partial charge in [0.1, 0.15) is 5.75 Å². The van der Waals surface area contributed by atoms with Gasteiger partial charge in [0.25, 0.3) is 5.91 Å². The van der Waals surface area contributed by atoms with Crippen molar-refractivity contribution in [3.05, 3.63) is 29.3 Å². The summed E-state index contributed by atoms with van der Waals surface area (Å²) in [6.07, 6.45) is 2.73. The number of rotatable bonds is 6. The second-order valence-corrected chi connectivity index (χ2v) is 6.32. The zero-order valence-corrected chi connectivity index (χ0v) is 13.9. The van der Waals surface area contributed by atoms with E-state index in [2.05, 4.69) is 0 Å². The molecule has 1 heterocycles. The van der Waals surface area contributed by atoms with E-state index in [1.807, 2.05) is 32.0 Å². The number of carboxylic acids is 1. The number of benzene rings is 1. The van der Waals surface area contributed by atoms with Gasteiger partial charge in [-0.25, -0.2) is 0 Å². The molecule has 0 aromatic heterocycles. The zero-order valence-electron chi connectivity index (χ0n) is 13.9. The standard InChI is InChI=1S/C18H25NO4/c1-13-5-7-16(10-14(13)2)23-12-17(20)19-9-3-4-15(11-19)6-8-18(21)22/h5,7,10,15H,3-4,6,8-9,11-12H2,1-2H3,(H,21,22). The number of carbonyl (C=O) groups excluding carboxylic acids is 1. The largest absolute Gasteiger partial charge is 0.484 e.